The van der Waals surface area contributed by atoms with Crippen molar-refractivity contribution in [2.45, 2.75) is 13.3 Å². The number of nitrogens with zero attached hydrogens (tertiary/aromatic N) is 2. The minimum absolute atomic E-state index is 0.0650. The predicted molar refractivity (Wildman–Crippen MR) is 86.0 cm³/mol. The third-order valence-corrected chi connectivity index (χ3v) is 3.62. The Balaban J connectivity index is 2.14. The molecule has 0 aromatic heterocycles. The summed E-state index contributed by atoms with van der Waals surface area (Å²) < 4.78 is 0. The molecule has 1 aliphatic heterocycles. The van der Waals surface area contributed by atoms with Crippen molar-refractivity contribution < 1.29 is 4.79 Å². The summed E-state index contributed by atoms with van der Waals surface area (Å²) in [6.45, 7) is 3.02. The summed E-state index contributed by atoms with van der Waals surface area (Å²) in [7, 11) is 0. The van der Waals surface area contributed by atoms with Crippen molar-refractivity contribution in [1.82, 2.24) is 0 Å². The molecule has 0 atom stereocenters. The van der Waals surface area contributed by atoms with Crippen molar-refractivity contribution in [2.75, 3.05) is 18.0 Å². The van der Waals surface area contributed by atoms with E-state index in [4.69, 9.17) is 0 Å². The first-order valence-corrected chi connectivity index (χ1v) is 7.31. The van der Waals surface area contributed by atoms with Gasteiger partial charge in [0, 0.05) is 17.7 Å². The van der Waals surface area contributed by atoms with E-state index in [1.54, 1.807) is 0 Å². The molecule has 0 saturated heterocycles. The first kappa shape index (κ1) is 13.6. The molecule has 106 valence electrons. The first-order valence-electron chi connectivity index (χ1n) is 7.31. The van der Waals surface area contributed by atoms with Gasteiger partial charge in [-0.15, -0.1) is 0 Å². The summed E-state index contributed by atoms with van der Waals surface area (Å²) in [6, 6.07) is 18.1. The highest BCUT2D eigenvalue weighted by Gasteiger charge is 2.23. The molecule has 3 heteroatoms. The molecule has 3 nitrogen and oxygen atoms in total. The maximum atomic E-state index is 12.4. The van der Waals surface area contributed by atoms with E-state index in [-0.39, 0.29) is 12.5 Å². The smallest absolute Gasteiger partial charge is 0.248 e. The van der Waals surface area contributed by atoms with Gasteiger partial charge in [-0.25, -0.2) is 0 Å². The second-order valence-corrected chi connectivity index (χ2v) is 5.09. The van der Waals surface area contributed by atoms with E-state index >= 15 is 0 Å². The van der Waals surface area contributed by atoms with Crippen LogP contribution in [0, 0.1) is 0 Å². The maximum absolute atomic E-state index is 12.4. The van der Waals surface area contributed by atoms with Gasteiger partial charge in [-0.05, 0) is 12.5 Å². The summed E-state index contributed by atoms with van der Waals surface area (Å²) in [4.78, 5) is 18.8. The van der Waals surface area contributed by atoms with Gasteiger partial charge in [0.2, 0.25) is 5.91 Å². The fourth-order valence-electron chi connectivity index (χ4n) is 2.67. The van der Waals surface area contributed by atoms with Crippen molar-refractivity contribution in [2.24, 2.45) is 4.99 Å². The number of carbonyl (C=O) groups is 1. The highest BCUT2D eigenvalue weighted by molar-refractivity contribution is 6.19. The monoisotopic (exact) mass is 278 g/mol. The number of carbonyl (C=O) groups excluding carboxylic acids is 1. The van der Waals surface area contributed by atoms with E-state index in [0.29, 0.717) is 0 Å². The third-order valence-electron chi connectivity index (χ3n) is 3.62. The van der Waals surface area contributed by atoms with Crippen molar-refractivity contribution >= 4 is 17.3 Å². The molecule has 0 bridgehead atoms. The topological polar surface area (TPSA) is 32.7 Å². The van der Waals surface area contributed by atoms with Crippen LogP contribution < -0.4 is 4.90 Å². The zero-order chi connectivity index (χ0) is 14.7. The normalized spacial score (nSPS) is 14.4. The van der Waals surface area contributed by atoms with Gasteiger partial charge in [-0.2, -0.15) is 0 Å². The van der Waals surface area contributed by atoms with E-state index in [2.05, 4.69) is 11.9 Å². The van der Waals surface area contributed by atoms with Gasteiger partial charge < -0.3 is 4.90 Å². The third kappa shape index (κ3) is 2.59. The largest absolute Gasteiger partial charge is 0.310 e. The van der Waals surface area contributed by atoms with Crippen LogP contribution >= 0.6 is 0 Å². The minimum Gasteiger partial charge on any atom is -0.310 e. The van der Waals surface area contributed by atoms with Gasteiger partial charge in [-0.3, -0.25) is 9.79 Å². The molecule has 2 aromatic carbocycles. The molecule has 1 amide bonds. The Morgan fingerprint density at radius 3 is 2.52 bits per heavy atom. The Morgan fingerprint density at radius 1 is 1.05 bits per heavy atom. The molecule has 3 rings (SSSR count). The van der Waals surface area contributed by atoms with Gasteiger partial charge in [0.1, 0.15) is 6.54 Å². The number of para-hydroxylation sites is 1. The summed E-state index contributed by atoms with van der Waals surface area (Å²) in [6.07, 6.45) is 0.931. The van der Waals surface area contributed by atoms with E-state index in [0.717, 1.165) is 35.5 Å². The fraction of sp³-hybridized carbons (Fsp3) is 0.222. The molecular formula is C18H18N2O. The quantitative estimate of drug-likeness (QED) is 0.848. The van der Waals surface area contributed by atoms with Crippen LogP contribution in [0.25, 0.3) is 0 Å². The number of hydrogen-bond donors (Lipinski definition) is 0. The number of anilines is 1. The van der Waals surface area contributed by atoms with Crippen LogP contribution in [0.1, 0.15) is 24.5 Å². The Labute approximate surface area is 124 Å². The first-order chi connectivity index (χ1) is 10.3. The SMILES string of the molecule is CCCN1C(=O)CN=C(c2ccccc2)c2ccccc21. The lowest BCUT2D eigenvalue weighted by Gasteiger charge is -2.22. The molecule has 0 spiro atoms. The number of benzodiazepines with no additional fused rings is 1. The minimum atomic E-state index is 0.0650. The van der Waals surface area contributed by atoms with Crippen LogP contribution in [0.2, 0.25) is 0 Å². The number of amides is 1. The Kier molecular flexibility index (Phi) is 3.82. The van der Waals surface area contributed by atoms with Gasteiger partial charge in [0.15, 0.2) is 0 Å². The van der Waals surface area contributed by atoms with Gasteiger partial charge in [0.05, 0.1) is 11.4 Å². The Bertz CT molecular complexity index is 677. The van der Waals surface area contributed by atoms with E-state index in [1.165, 1.54) is 0 Å². The van der Waals surface area contributed by atoms with Gasteiger partial charge in [0.25, 0.3) is 0 Å². The lowest BCUT2D eigenvalue weighted by atomic mass is 10.0. The zero-order valence-electron chi connectivity index (χ0n) is 12.1. The molecule has 1 heterocycles. The van der Waals surface area contributed by atoms with Gasteiger partial charge in [-0.1, -0.05) is 55.5 Å². The second-order valence-electron chi connectivity index (χ2n) is 5.09. The standard InChI is InChI=1S/C18H18N2O/c1-2-12-20-16-11-7-6-10-15(16)18(19-13-17(20)21)14-8-4-3-5-9-14/h3-11H,2,12-13H2,1H3. The lowest BCUT2D eigenvalue weighted by Crippen LogP contribution is -2.33. The summed E-state index contributed by atoms with van der Waals surface area (Å²) in [5.41, 5.74) is 3.95. The number of aliphatic imine (C=N–C) groups is 1. The number of hydrogen-bond acceptors (Lipinski definition) is 2. The van der Waals surface area contributed by atoms with E-state index in [9.17, 15) is 4.79 Å². The van der Waals surface area contributed by atoms with Crippen molar-refractivity contribution in [3.63, 3.8) is 0 Å². The molecule has 0 N–H and O–H groups in total. The van der Waals surface area contributed by atoms with E-state index < -0.39 is 0 Å². The molecule has 2 aromatic rings. The molecular weight excluding hydrogens is 260 g/mol. The predicted octanol–water partition coefficient (Wildman–Crippen LogP) is 3.28. The molecule has 1 aliphatic rings. The molecule has 0 unspecified atom stereocenters. The molecule has 0 saturated carbocycles. The summed E-state index contributed by atoms with van der Waals surface area (Å²) in [5.74, 6) is 0.0650. The maximum Gasteiger partial charge on any atom is 0.248 e. The van der Waals surface area contributed by atoms with Crippen LogP contribution in [0.3, 0.4) is 0 Å². The highest BCUT2D eigenvalue weighted by atomic mass is 16.2. The molecule has 0 aliphatic carbocycles. The number of fused-ring (bicyclic) bond motifs is 1. The van der Waals surface area contributed by atoms with Crippen LogP contribution in [0.15, 0.2) is 59.6 Å². The van der Waals surface area contributed by atoms with Gasteiger partial charge >= 0.3 is 0 Å². The van der Waals surface area contributed by atoms with Crippen molar-refractivity contribution in [3.8, 4) is 0 Å². The molecule has 21 heavy (non-hydrogen) atoms. The van der Waals surface area contributed by atoms with Crippen molar-refractivity contribution in [3.05, 3.63) is 65.7 Å². The number of benzene rings is 2. The highest BCUT2D eigenvalue weighted by Crippen LogP contribution is 2.26. The fourth-order valence-corrected chi connectivity index (χ4v) is 2.67. The Hall–Kier alpha value is -2.42. The summed E-state index contributed by atoms with van der Waals surface area (Å²) in [5, 5.41) is 0. The van der Waals surface area contributed by atoms with E-state index in [1.807, 2.05) is 59.5 Å². The average Bonchev–Trinajstić information content (AvgIpc) is 2.67. The van der Waals surface area contributed by atoms with Crippen LogP contribution in [0.4, 0.5) is 5.69 Å². The molecule has 0 radical (unpaired) electrons. The summed E-state index contributed by atoms with van der Waals surface area (Å²) >= 11 is 0. The number of rotatable bonds is 3. The average molecular weight is 278 g/mol. The lowest BCUT2D eigenvalue weighted by molar-refractivity contribution is -0.117. The van der Waals surface area contributed by atoms with Crippen LogP contribution in [-0.2, 0) is 4.79 Å². The van der Waals surface area contributed by atoms with Crippen LogP contribution in [-0.4, -0.2) is 24.7 Å². The zero-order valence-corrected chi connectivity index (χ0v) is 12.1. The second kappa shape index (κ2) is 5.92. The molecule has 0 fully saturated rings. The Morgan fingerprint density at radius 2 is 1.76 bits per heavy atom. The van der Waals surface area contributed by atoms with Crippen LogP contribution in [0.5, 0.6) is 0 Å². The van der Waals surface area contributed by atoms with Crippen molar-refractivity contribution in [1.29, 1.82) is 0 Å².